The lowest BCUT2D eigenvalue weighted by Gasteiger charge is -2.30. The van der Waals surface area contributed by atoms with Gasteiger partial charge in [0.05, 0.1) is 7.11 Å². The molecule has 0 heterocycles. The molecular formula is C26H34N2O3S. The van der Waals surface area contributed by atoms with Crippen LogP contribution in [0.2, 0.25) is 0 Å². The van der Waals surface area contributed by atoms with E-state index < -0.39 is 6.04 Å². The fourth-order valence-corrected chi connectivity index (χ4v) is 4.82. The largest absolute Gasteiger partial charge is 0.497 e. The number of carbonyl (C=O) groups excluding carboxylic acids is 2. The smallest absolute Gasteiger partial charge is 0.242 e. The van der Waals surface area contributed by atoms with Crippen LogP contribution in [-0.2, 0) is 16.1 Å². The molecule has 0 saturated heterocycles. The van der Waals surface area contributed by atoms with Crippen LogP contribution in [0.5, 0.6) is 5.75 Å². The van der Waals surface area contributed by atoms with Crippen LogP contribution in [0.3, 0.4) is 0 Å². The standard InChI is InChI=1S/C26H34N2O3S/c1-19-11-13-24(14-12-19)32-16-15-25(29)28(18-21-7-6-10-23(17-21)31-3)20(2)26(30)27-22-8-4-5-9-22/h6-7,10-14,17,20,22H,4-5,8-9,15-16,18H2,1-3H3,(H,27,30)/t20-/m1/s1. The Labute approximate surface area is 195 Å². The maximum Gasteiger partial charge on any atom is 0.242 e. The Bertz CT molecular complexity index is 894. The molecule has 1 atom stereocenters. The number of benzene rings is 2. The third kappa shape index (κ3) is 7.02. The van der Waals surface area contributed by atoms with Gasteiger partial charge in [0, 0.05) is 29.7 Å². The number of methoxy groups -OCH3 is 1. The van der Waals surface area contributed by atoms with Crippen LogP contribution in [0.4, 0.5) is 0 Å². The summed E-state index contributed by atoms with van der Waals surface area (Å²) in [5, 5.41) is 3.15. The lowest BCUT2D eigenvalue weighted by molar-refractivity contribution is -0.140. The SMILES string of the molecule is COc1cccc(CN(C(=O)CCSc2ccc(C)cc2)[C@H](C)C(=O)NC2CCCC2)c1. The van der Waals surface area contributed by atoms with Gasteiger partial charge >= 0.3 is 0 Å². The number of carbonyl (C=O) groups is 2. The minimum atomic E-state index is -0.529. The van der Waals surface area contributed by atoms with Crippen molar-refractivity contribution in [2.45, 2.75) is 69.5 Å². The maximum absolute atomic E-state index is 13.2. The van der Waals surface area contributed by atoms with Crippen molar-refractivity contribution in [1.29, 1.82) is 0 Å². The molecule has 0 unspecified atom stereocenters. The van der Waals surface area contributed by atoms with Crippen molar-refractivity contribution in [2.75, 3.05) is 12.9 Å². The van der Waals surface area contributed by atoms with E-state index in [0.717, 1.165) is 41.9 Å². The van der Waals surface area contributed by atoms with Gasteiger partial charge in [-0.15, -0.1) is 11.8 Å². The van der Waals surface area contributed by atoms with Gasteiger partial charge in [-0.3, -0.25) is 9.59 Å². The van der Waals surface area contributed by atoms with Gasteiger partial charge in [0.25, 0.3) is 0 Å². The Kier molecular flexibility index (Phi) is 9.03. The van der Waals surface area contributed by atoms with E-state index in [-0.39, 0.29) is 17.9 Å². The molecule has 0 bridgehead atoms. The fraction of sp³-hybridized carbons (Fsp3) is 0.462. The van der Waals surface area contributed by atoms with Crippen LogP contribution in [0.15, 0.2) is 53.4 Å². The summed E-state index contributed by atoms with van der Waals surface area (Å²) in [6.07, 6.45) is 4.73. The number of nitrogens with one attached hydrogen (secondary N) is 1. The average molecular weight is 455 g/mol. The molecule has 6 heteroatoms. The molecule has 1 saturated carbocycles. The first-order chi connectivity index (χ1) is 15.5. The molecule has 1 aliphatic rings. The van der Waals surface area contributed by atoms with Crippen molar-refractivity contribution in [2.24, 2.45) is 0 Å². The summed E-state index contributed by atoms with van der Waals surface area (Å²) in [5.74, 6) is 1.33. The Morgan fingerprint density at radius 3 is 2.56 bits per heavy atom. The molecule has 2 aromatic carbocycles. The molecule has 1 N–H and O–H groups in total. The first-order valence-corrected chi connectivity index (χ1v) is 12.4. The van der Waals surface area contributed by atoms with Gasteiger partial charge in [0.1, 0.15) is 11.8 Å². The van der Waals surface area contributed by atoms with Gasteiger partial charge in [0.15, 0.2) is 0 Å². The first kappa shape index (κ1) is 24.2. The number of ether oxygens (including phenoxy) is 1. The van der Waals surface area contributed by atoms with E-state index in [1.54, 1.807) is 23.8 Å². The topological polar surface area (TPSA) is 58.6 Å². The van der Waals surface area contributed by atoms with Gasteiger partial charge in [-0.25, -0.2) is 0 Å². The Morgan fingerprint density at radius 2 is 1.88 bits per heavy atom. The molecule has 5 nitrogen and oxygen atoms in total. The number of amides is 2. The zero-order chi connectivity index (χ0) is 22.9. The van der Waals surface area contributed by atoms with Gasteiger partial charge in [0.2, 0.25) is 11.8 Å². The highest BCUT2D eigenvalue weighted by molar-refractivity contribution is 7.99. The molecule has 2 amide bonds. The number of hydrogen-bond acceptors (Lipinski definition) is 4. The van der Waals surface area contributed by atoms with Crippen molar-refractivity contribution in [1.82, 2.24) is 10.2 Å². The highest BCUT2D eigenvalue weighted by Gasteiger charge is 2.28. The number of aryl methyl sites for hydroxylation is 1. The molecule has 172 valence electrons. The maximum atomic E-state index is 13.2. The quantitative estimate of drug-likeness (QED) is 0.516. The summed E-state index contributed by atoms with van der Waals surface area (Å²) in [5.41, 5.74) is 2.17. The van der Waals surface area contributed by atoms with E-state index in [1.165, 1.54) is 5.56 Å². The van der Waals surface area contributed by atoms with Gasteiger partial charge in [-0.05, 0) is 56.5 Å². The predicted octanol–water partition coefficient (Wildman–Crippen LogP) is 4.96. The van der Waals surface area contributed by atoms with Crippen LogP contribution in [-0.4, -0.2) is 41.7 Å². The monoisotopic (exact) mass is 454 g/mol. The molecule has 0 radical (unpaired) electrons. The second-order valence-corrected chi connectivity index (χ2v) is 9.62. The lowest BCUT2D eigenvalue weighted by atomic mass is 10.1. The number of nitrogens with zero attached hydrogens (tertiary/aromatic N) is 1. The molecule has 0 aliphatic heterocycles. The van der Waals surface area contributed by atoms with Crippen molar-refractivity contribution >= 4 is 23.6 Å². The minimum Gasteiger partial charge on any atom is -0.497 e. The van der Waals surface area contributed by atoms with Crippen molar-refractivity contribution in [3.8, 4) is 5.75 Å². The second kappa shape index (κ2) is 12.0. The van der Waals surface area contributed by atoms with E-state index in [2.05, 4.69) is 36.5 Å². The van der Waals surface area contributed by atoms with E-state index >= 15 is 0 Å². The second-order valence-electron chi connectivity index (χ2n) is 8.45. The van der Waals surface area contributed by atoms with Gasteiger partial charge in [-0.2, -0.15) is 0 Å². The molecule has 2 aromatic rings. The minimum absolute atomic E-state index is 0.0125. The average Bonchev–Trinajstić information content (AvgIpc) is 3.31. The van der Waals surface area contributed by atoms with Crippen LogP contribution in [0.1, 0.15) is 50.2 Å². The lowest BCUT2D eigenvalue weighted by Crippen LogP contribution is -2.49. The molecule has 1 aliphatic carbocycles. The zero-order valence-corrected chi connectivity index (χ0v) is 20.1. The summed E-state index contributed by atoms with van der Waals surface area (Å²) in [6.45, 7) is 4.27. The summed E-state index contributed by atoms with van der Waals surface area (Å²) >= 11 is 1.67. The third-order valence-electron chi connectivity index (χ3n) is 5.96. The van der Waals surface area contributed by atoms with Crippen LogP contribution in [0.25, 0.3) is 0 Å². The van der Waals surface area contributed by atoms with Crippen LogP contribution >= 0.6 is 11.8 Å². The fourth-order valence-electron chi connectivity index (χ4n) is 3.98. The highest BCUT2D eigenvalue weighted by atomic mass is 32.2. The molecule has 0 spiro atoms. The Morgan fingerprint density at radius 1 is 1.16 bits per heavy atom. The zero-order valence-electron chi connectivity index (χ0n) is 19.3. The molecule has 3 rings (SSSR count). The summed E-state index contributed by atoms with van der Waals surface area (Å²) in [7, 11) is 1.63. The molecule has 1 fully saturated rings. The third-order valence-corrected chi connectivity index (χ3v) is 6.98. The van der Waals surface area contributed by atoms with Crippen molar-refractivity contribution in [3.05, 3.63) is 59.7 Å². The summed E-state index contributed by atoms with van der Waals surface area (Å²) < 4.78 is 5.33. The number of hydrogen-bond donors (Lipinski definition) is 1. The Hall–Kier alpha value is -2.47. The van der Waals surface area contributed by atoms with Crippen LogP contribution in [0, 0.1) is 6.92 Å². The van der Waals surface area contributed by atoms with E-state index in [0.29, 0.717) is 18.7 Å². The summed E-state index contributed by atoms with van der Waals surface area (Å²) in [6, 6.07) is 15.7. The van der Waals surface area contributed by atoms with E-state index in [9.17, 15) is 9.59 Å². The Balaban J connectivity index is 1.66. The van der Waals surface area contributed by atoms with Gasteiger partial charge in [-0.1, -0.05) is 42.7 Å². The highest BCUT2D eigenvalue weighted by Crippen LogP contribution is 2.22. The molecule has 32 heavy (non-hydrogen) atoms. The van der Waals surface area contributed by atoms with Crippen molar-refractivity contribution in [3.63, 3.8) is 0 Å². The normalized spacial score (nSPS) is 14.7. The molecule has 0 aromatic heterocycles. The predicted molar refractivity (Wildman–Crippen MR) is 130 cm³/mol. The molecular weight excluding hydrogens is 420 g/mol. The van der Waals surface area contributed by atoms with Crippen molar-refractivity contribution < 1.29 is 14.3 Å². The van der Waals surface area contributed by atoms with E-state index in [4.69, 9.17) is 4.74 Å². The van der Waals surface area contributed by atoms with E-state index in [1.807, 2.05) is 31.2 Å². The number of thioether (sulfide) groups is 1. The summed E-state index contributed by atoms with van der Waals surface area (Å²) in [4.78, 5) is 29.0. The number of rotatable bonds is 10. The van der Waals surface area contributed by atoms with Gasteiger partial charge < -0.3 is 15.0 Å². The van der Waals surface area contributed by atoms with Crippen LogP contribution < -0.4 is 10.1 Å². The first-order valence-electron chi connectivity index (χ1n) is 11.4.